The van der Waals surface area contributed by atoms with Gasteiger partial charge in [0.25, 0.3) is 0 Å². The van der Waals surface area contributed by atoms with Crippen LogP contribution in [0.3, 0.4) is 0 Å². The van der Waals surface area contributed by atoms with Crippen molar-refractivity contribution in [3.05, 3.63) is 27.6 Å². The Morgan fingerprint density at radius 1 is 1.21 bits per heavy atom. The van der Waals surface area contributed by atoms with Crippen molar-refractivity contribution in [2.45, 2.75) is 38.9 Å². The second kappa shape index (κ2) is 6.54. The fourth-order valence-corrected chi connectivity index (χ4v) is 2.77. The molecule has 0 aromatic heterocycles. The molecular weight excluding hydrogens is 374 g/mol. The van der Waals surface area contributed by atoms with Crippen molar-refractivity contribution in [1.29, 1.82) is 0 Å². The van der Waals surface area contributed by atoms with Gasteiger partial charge in [0.2, 0.25) is 0 Å². The molecule has 2 nitrogen and oxygen atoms in total. The number of rotatable bonds is 5. The first-order chi connectivity index (χ1) is 8.63. The van der Waals surface area contributed by atoms with Crippen LogP contribution in [0.25, 0.3) is 0 Å². The first-order valence-corrected chi connectivity index (χ1v) is 10.3. The van der Waals surface area contributed by atoms with Gasteiger partial charge in [-0.15, -0.1) is 0 Å². The molecule has 0 fully saturated rings. The molecule has 0 saturated heterocycles. The van der Waals surface area contributed by atoms with E-state index in [4.69, 9.17) is 9.16 Å². The fourth-order valence-electron chi connectivity index (χ4n) is 1.25. The molecule has 5 heteroatoms. The van der Waals surface area contributed by atoms with E-state index in [1.807, 2.05) is 0 Å². The maximum Gasteiger partial charge on any atom is 0.192 e. The zero-order chi connectivity index (χ0) is 14.7. The third kappa shape index (κ3) is 5.04. The van der Waals surface area contributed by atoms with Crippen LogP contribution in [0.1, 0.15) is 20.8 Å². The van der Waals surface area contributed by atoms with Crippen LogP contribution < -0.4 is 4.74 Å². The Balaban J connectivity index is 2.45. The molecule has 1 aromatic carbocycles. The predicted octanol–water partition coefficient (Wildman–Crippen LogP) is 4.83. The molecule has 0 amide bonds. The van der Waals surface area contributed by atoms with E-state index in [-0.39, 0.29) is 10.9 Å². The second-order valence-electron chi connectivity index (χ2n) is 6.03. The molecule has 0 aliphatic rings. The van der Waals surface area contributed by atoms with Crippen LogP contribution >= 0.6 is 22.6 Å². The van der Waals surface area contributed by atoms with E-state index in [0.717, 1.165) is 3.57 Å². The quantitative estimate of drug-likeness (QED) is 0.403. The molecule has 0 atom stereocenters. The summed E-state index contributed by atoms with van der Waals surface area (Å²) in [6.45, 7) is 12.0. The first-order valence-electron chi connectivity index (χ1n) is 6.35. The van der Waals surface area contributed by atoms with E-state index in [9.17, 15) is 4.39 Å². The molecule has 0 radical (unpaired) electrons. The summed E-state index contributed by atoms with van der Waals surface area (Å²) in [7, 11) is -1.72. The Morgan fingerprint density at radius 3 is 2.42 bits per heavy atom. The molecule has 0 bridgehead atoms. The van der Waals surface area contributed by atoms with E-state index in [1.54, 1.807) is 6.07 Å². The average molecular weight is 396 g/mol. The lowest BCUT2D eigenvalue weighted by molar-refractivity contribution is 0.202. The third-order valence-corrected chi connectivity index (χ3v) is 8.93. The summed E-state index contributed by atoms with van der Waals surface area (Å²) in [4.78, 5) is 0. The summed E-state index contributed by atoms with van der Waals surface area (Å²) >= 11 is 2.13. The Hall–Kier alpha value is -0.143. The number of benzene rings is 1. The van der Waals surface area contributed by atoms with Crippen LogP contribution in [0.15, 0.2) is 18.2 Å². The molecule has 0 spiro atoms. The van der Waals surface area contributed by atoms with Crippen LogP contribution in [0.4, 0.5) is 4.39 Å². The molecule has 0 unspecified atom stereocenters. The summed E-state index contributed by atoms with van der Waals surface area (Å²) in [5.41, 5.74) is 0. The van der Waals surface area contributed by atoms with Crippen LogP contribution in [0.5, 0.6) is 5.75 Å². The maximum absolute atomic E-state index is 13.1. The highest BCUT2D eigenvalue weighted by Gasteiger charge is 2.36. The van der Waals surface area contributed by atoms with Gasteiger partial charge < -0.3 is 9.16 Å². The van der Waals surface area contributed by atoms with Crippen molar-refractivity contribution in [3.8, 4) is 5.75 Å². The van der Waals surface area contributed by atoms with Crippen LogP contribution in [0, 0.1) is 9.39 Å². The molecule has 0 aliphatic carbocycles. The van der Waals surface area contributed by atoms with E-state index < -0.39 is 8.32 Å². The minimum atomic E-state index is -1.72. The Labute approximate surface area is 130 Å². The normalized spacial score (nSPS) is 12.6. The van der Waals surface area contributed by atoms with Crippen molar-refractivity contribution >= 4 is 30.9 Å². The zero-order valence-electron chi connectivity index (χ0n) is 12.2. The highest BCUT2D eigenvalue weighted by molar-refractivity contribution is 14.1. The predicted molar refractivity (Wildman–Crippen MR) is 87.8 cm³/mol. The minimum Gasteiger partial charge on any atom is -0.490 e. The lowest BCUT2D eigenvalue weighted by Gasteiger charge is -2.36. The molecule has 0 heterocycles. The molecule has 1 rings (SSSR count). The summed E-state index contributed by atoms with van der Waals surface area (Å²) in [6, 6.07) is 4.55. The smallest absolute Gasteiger partial charge is 0.192 e. The van der Waals surface area contributed by atoms with E-state index in [1.165, 1.54) is 12.1 Å². The van der Waals surface area contributed by atoms with Gasteiger partial charge in [-0.05, 0) is 52.9 Å². The molecule has 0 aliphatic heterocycles. The van der Waals surface area contributed by atoms with Gasteiger partial charge in [-0.1, -0.05) is 20.8 Å². The van der Waals surface area contributed by atoms with Crippen molar-refractivity contribution in [2.24, 2.45) is 0 Å². The Kier molecular flexibility index (Phi) is 5.82. The third-order valence-electron chi connectivity index (χ3n) is 3.50. The average Bonchev–Trinajstić information content (AvgIpc) is 2.27. The van der Waals surface area contributed by atoms with Crippen LogP contribution in [0.2, 0.25) is 18.1 Å². The highest BCUT2D eigenvalue weighted by Crippen LogP contribution is 2.36. The summed E-state index contributed by atoms with van der Waals surface area (Å²) < 4.78 is 25.6. The van der Waals surface area contributed by atoms with Gasteiger partial charge in [0, 0.05) is 6.07 Å². The lowest BCUT2D eigenvalue weighted by Crippen LogP contribution is -2.41. The fraction of sp³-hybridized carbons (Fsp3) is 0.571. The molecule has 19 heavy (non-hydrogen) atoms. The van der Waals surface area contributed by atoms with Gasteiger partial charge in [0.05, 0.1) is 10.2 Å². The Morgan fingerprint density at radius 2 is 1.84 bits per heavy atom. The topological polar surface area (TPSA) is 18.5 Å². The molecular formula is C14H22FIO2Si. The van der Waals surface area contributed by atoms with Crippen molar-refractivity contribution in [3.63, 3.8) is 0 Å². The second-order valence-corrected chi connectivity index (χ2v) is 12.0. The molecule has 0 saturated carbocycles. The van der Waals surface area contributed by atoms with Crippen LogP contribution in [-0.2, 0) is 4.43 Å². The molecule has 108 valence electrons. The lowest BCUT2D eigenvalue weighted by atomic mass is 10.2. The zero-order valence-corrected chi connectivity index (χ0v) is 15.4. The SMILES string of the molecule is CC(C)(C)[Si](C)(C)OCCOc1cc(F)ccc1I. The van der Waals surface area contributed by atoms with Gasteiger partial charge >= 0.3 is 0 Å². The van der Waals surface area contributed by atoms with E-state index in [2.05, 4.69) is 56.5 Å². The van der Waals surface area contributed by atoms with Crippen molar-refractivity contribution < 1.29 is 13.6 Å². The minimum absolute atomic E-state index is 0.195. The van der Waals surface area contributed by atoms with Gasteiger partial charge in [0.1, 0.15) is 18.2 Å². The van der Waals surface area contributed by atoms with Crippen LogP contribution in [-0.4, -0.2) is 21.5 Å². The van der Waals surface area contributed by atoms with Gasteiger partial charge in [-0.3, -0.25) is 0 Å². The molecule has 0 N–H and O–H groups in total. The van der Waals surface area contributed by atoms with Gasteiger partial charge in [0.15, 0.2) is 8.32 Å². The standard InChI is InChI=1S/C14H22FIO2Si/c1-14(2,3)19(4,5)18-9-8-17-13-10-11(15)6-7-12(13)16/h6-7,10H,8-9H2,1-5H3. The first kappa shape index (κ1) is 16.9. The number of ether oxygens (including phenoxy) is 1. The monoisotopic (exact) mass is 396 g/mol. The maximum atomic E-state index is 13.1. The Bertz CT molecular complexity index is 430. The van der Waals surface area contributed by atoms with Crippen molar-refractivity contribution in [1.82, 2.24) is 0 Å². The van der Waals surface area contributed by atoms with E-state index in [0.29, 0.717) is 19.0 Å². The number of hydrogen-bond acceptors (Lipinski definition) is 2. The highest BCUT2D eigenvalue weighted by atomic mass is 127. The largest absolute Gasteiger partial charge is 0.490 e. The molecule has 1 aromatic rings. The van der Waals surface area contributed by atoms with E-state index >= 15 is 0 Å². The summed E-state index contributed by atoms with van der Waals surface area (Å²) in [5, 5.41) is 0.195. The summed E-state index contributed by atoms with van der Waals surface area (Å²) in [5.74, 6) is 0.306. The summed E-state index contributed by atoms with van der Waals surface area (Å²) in [6.07, 6.45) is 0. The van der Waals surface area contributed by atoms with Gasteiger partial charge in [-0.25, -0.2) is 4.39 Å². The van der Waals surface area contributed by atoms with Gasteiger partial charge in [-0.2, -0.15) is 0 Å². The number of halogens is 2. The van der Waals surface area contributed by atoms with Crippen molar-refractivity contribution in [2.75, 3.05) is 13.2 Å². The number of hydrogen-bond donors (Lipinski definition) is 0.